The van der Waals surface area contributed by atoms with Gasteiger partial charge < -0.3 is 31.1 Å². The summed E-state index contributed by atoms with van der Waals surface area (Å²) in [6.45, 7) is 3.24. The summed E-state index contributed by atoms with van der Waals surface area (Å²) >= 11 is 0. The molecule has 0 saturated carbocycles. The minimum atomic E-state index is -1.16. The van der Waals surface area contributed by atoms with E-state index in [0.717, 1.165) is 0 Å². The second-order valence-corrected chi connectivity index (χ2v) is 9.04. The van der Waals surface area contributed by atoms with E-state index in [0.29, 0.717) is 22.3 Å². The third kappa shape index (κ3) is 5.76. The Labute approximate surface area is 228 Å². The summed E-state index contributed by atoms with van der Waals surface area (Å²) in [6.07, 6.45) is 0. The van der Waals surface area contributed by atoms with Gasteiger partial charge in [-0.3, -0.25) is 9.59 Å². The van der Waals surface area contributed by atoms with E-state index in [9.17, 15) is 39.6 Å². The number of rotatable bonds is 7. The average Bonchev–Trinajstić information content (AvgIpc) is 2.91. The summed E-state index contributed by atoms with van der Waals surface area (Å²) < 4.78 is 0. The van der Waals surface area contributed by atoms with Crippen LogP contribution in [0.25, 0.3) is 11.1 Å². The zero-order valence-electron chi connectivity index (χ0n) is 21.4. The minimum Gasteiger partial charge on any atom is -0.506 e. The van der Waals surface area contributed by atoms with Gasteiger partial charge in [0.1, 0.15) is 11.5 Å². The van der Waals surface area contributed by atoms with Crippen LogP contribution in [0.3, 0.4) is 0 Å². The van der Waals surface area contributed by atoms with Gasteiger partial charge in [0.2, 0.25) is 0 Å². The van der Waals surface area contributed by atoms with Crippen molar-refractivity contribution >= 4 is 35.1 Å². The molecule has 0 aromatic heterocycles. The molecule has 0 radical (unpaired) electrons. The van der Waals surface area contributed by atoms with Crippen LogP contribution < -0.4 is 10.6 Å². The molecule has 0 heterocycles. The highest BCUT2D eigenvalue weighted by Gasteiger charge is 2.16. The second-order valence-electron chi connectivity index (χ2n) is 9.04. The van der Waals surface area contributed by atoms with Crippen LogP contribution in [0.1, 0.15) is 52.6 Å². The Hall–Kier alpha value is -5.64. The molecular formula is C30H24N2O8. The van der Waals surface area contributed by atoms with Crippen LogP contribution in [-0.2, 0) is 0 Å². The number of carbonyl (C=O) groups is 4. The fourth-order valence-electron chi connectivity index (χ4n) is 4.01. The van der Waals surface area contributed by atoms with Crippen LogP contribution in [-0.4, -0.2) is 44.2 Å². The van der Waals surface area contributed by atoms with Gasteiger partial charge in [-0.25, -0.2) is 9.59 Å². The van der Waals surface area contributed by atoms with Gasteiger partial charge in [-0.2, -0.15) is 0 Å². The Balaban J connectivity index is 1.50. The molecule has 10 nitrogen and oxygen atoms in total. The van der Waals surface area contributed by atoms with E-state index in [-0.39, 0.29) is 45.1 Å². The van der Waals surface area contributed by atoms with E-state index < -0.39 is 23.8 Å². The molecule has 2 amide bonds. The molecule has 4 aromatic carbocycles. The number of benzene rings is 4. The number of nitrogens with one attached hydrogen (secondary N) is 2. The van der Waals surface area contributed by atoms with Crippen molar-refractivity contribution in [3.63, 3.8) is 0 Å². The third-order valence-electron chi connectivity index (χ3n) is 6.29. The van der Waals surface area contributed by atoms with Crippen molar-refractivity contribution in [3.05, 3.63) is 106 Å². The van der Waals surface area contributed by atoms with Gasteiger partial charge in [0, 0.05) is 11.1 Å². The molecule has 4 rings (SSSR count). The number of carboxylic acid groups (broad SMARTS) is 2. The SMILES string of the molecule is Cc1ccc(C(=O)Nc2ccc(-c3ccc(NC(=O)c4ccc(C)c(C(=O)O)c4)c(O)c3)cc2O)cc1C(=O)O. The van der Waals surface area contributed by atoms with Gasteiger partial charge in [-0.1, -0.05) is 24.3 Å². The molecule has 4 aromatic rings. The van der Waals surface area contributed by atoms with Crippen LogP contribution >= 0.6 is 0 Å². The first kappa shape index (κ1) is 27.4. The first-order valence-electron chi connectivity index (χ1n) is 11.9. The van der Waals surface area contributed by atoms with Crippen LogP contribution in [0.4, 0.5) is 11.4 Å². The van der Waals surface area contributed by atoms with Crippen LogP contribution in [0, 0.1) is 13.8 Å². The van der Waals surface area contributed by atoms with E-state index in [2.05, 4.69) is 10.6 Å². The Morgan fingerprint density at radius 2 is 0.925 bits per heavy atom. The minimum absolute atomic E-state index is 0.00413. The number of hydrogen-bond acceptors (Lipinski definition) is 6. The maximum absolute atomic E-state index is 12.6. The van der Waals surface area contributed by atoms with Gasteiger partial charge in [0.15, 0.2) is 0 Å². The van der Waals surface area contributed by atoms with Gasteiger partial charge >= 0.3 is 11.9 Å². The summed E-state index contributed by atoms with van der Waals surface area (Å²) in [4.78, 5) is 48.0. The predicted octanol–water partition coefficient (Wildman–Crippen LogP) is 5.28. The Bertz CT molecular complexity index is 1570. The van der Waals surface area contributed by atoms with Gasteiger partial charge in [-0.15, -0.1) is 0 Å². The van der Waals surface area contributed by atoms with Crippen molar-refractivity contribution in [2.24, 2.45) is 0 Å². The molecule has 0 aliphatic carbocycles. The largest absolute Gasteiger partial charge is 0.506 e. The van der Waals surface area contributed by atoms with Crippen molar-refractivity contribution in [2.45, 2.75) is 13.8 Å². The number of carboxylic acids is 2. The quantitative estimate of drug-likeness (QED) is 0.172. The van der Waals surface area contributed by atoms with Crippen LogP contribution in [0.5, 0.6) is 11.5 Å². The van der Waals surface area contributed by atoms with E-state index in [1.807, 2.05) is 0 Å². The van der Waals surface area contributed by atoms with Crippen molar-refractivity contribution in [1.82, 2.24) is 0 Å². The highest BCUT2D eigenvalue weighted by molar-refractivity contribution is 6.07. The van der Waals surface area contributed by atoms with Gasteiger partial charge in [0.05, 0.1) is 22.5 Å². The number of carbonyl (C=O) groups excluding carboxylic acids is 2. The maximum atomic E-state index is 12.6. The lowest BCUT2D eigenvalue weighted by molar-refractivity contribution is 0.0685. The Morgan fingerprint density at radius 1 is 0.550 bits per heavy atom. The molecule has 10 heteroatoms. The summed E-state index contributed by atoms with van der Waals surface area (Å²) in [5.74, 6) is -4.05. The fourth-order valence-corrected chi connectivity index (χ4v) is 4.01. The van der Waals surface area contributed by atoms with Gasteiger partial charge in [-0.05, 0) is 84.6 Å². The van der Waals surface area contributed by atoms with Crippen molar-refractivity contribution in [3.8, 4) is 22.6 Å². The lowest BCUT2D eigenvalue weighted by Gasteiger charge is -2.12. The number of amides is 2. The normalized spacial score (nSPS) is 10.6. The zero-order chi connectivity index (χ0) is 29.1. The predicted molar refractivity (Wildman–Crippen MR) is 147 cm³/mol. The first-order chi connectivity index (χ1) is 18.9. The average molecular weight is 541 g/mol. The number of aryl methyl sites for hydroxylation is 2. The lowest BCUT2D eigenvalue weighted by Crippen LogP contribution is -2.13. The number of anilines is 2. The molecule has 0 atom stereocenters. The van der Waals surface area contributed by atoms with E-state index in [1.54, 1.807) is 26.0 Å². The lowest BCUT2D eigenvalue weighted by atomic mass is 10.0. The van der Waals surface area contributed by atoms with Gasteiger partial charge in [0.25, 0.3) is 11.8 Å². The molecule has 0 fully saturated rings. The number of phenolic OH excluding ortho intramolecular Hbond substituents is 2. The first-order valence-corrected chi connectivity index (χ1v) is 11.9. The summed E-state index contributed by atoms with van der Waals surface area (Å²) in [6, 6.07) is 17.4. The smallest absolute Gasteiger partial charge is 0.335 e. The summed E-state index contributed by atoms with van der Waals surface area (Å²) in [5, 5.41) is 44.7. The highest BCUT2D eigenvalue weighted by Crippen LogP contribution is 2.34. The molecule has 6 N–H and O–H groups in total. The molecular weight excluding hydrogens is 516 g/mol. The van der Waals surface area contributed by atoms with Crippen molar-refractivity contribution in [2.75, 3.05) is 10.6 Å². The molecule has 40 heavy (non-hydrogen) atoms. The zero-order valence-corrected chi connectivity index (χ0v) is 21.4. The number of hydrogen-bond donors (Lipinski definition) is 6. The van der Waals surface area contributed by atoms with Crippen LogP contribution in [0.2, 0.25) is 0 Å². The standard InChI is InChI=1S/C30H24N2O8/c1-15-3-5-19(11-21(15)29(37)38)27(35)31-23-9-7-17(13-25(23)33)18-8-10-24(26(34)14-18)32-28(36)20-6-4-16(2)22(12-20)30(39)40/h3-14,33-34H,1-2H3,(H,31,35)(H,32,36)(H,37,38)(H,39,40). The number of aromatic hydroxyl groups is 2. The third-order valence-corrected chi connectivity index (χ3v) is 6.29. The van der Waals surface area contributed by atoms with E-state index in [1.165, 1.54) is 60.7 Å². The molecule has 0 unspecified atom stereocenters. The Morgan fingerprint density at radius 3 is 1.25 bits per heavy atom. The second kappa shape index (κ2) is 11.0. The van der Waals surface area contributed by atoms with E-state index >= 15 is 0 Å². The number of phenols is 2. The summed E-state index contributed by atoms with van der Waals surface area (Å²) in [5.41, 5.74) is 2.41. The van der Waals surface area contributed by atoms with Crippen molar-refractivity contribution < 1.29 is 39.6 Å². The molecule has 0 aliphatic heterocycles. The number of aromatic carboxylic acids is 2. The monoisotopic (exact) mass is 540 g/mol. The van der Waals surface area contributed by atoms with E-state index in [4.69, 9.17) is 0 Å². The molecule has 0 bridgehead atoms. The fraction of sp³-hybridized carbons (Fsp3) is 0.0667. The summed E-state index contributed by atoms with van der Waals surface area (Å²) in [7, 11) is 0. The Kier molecular flexibility index (Phi) is 7.53. The topological polar surface area (TPSA) is 173 Å². The van der Waals surface area contributed by atoms with Crippen LogP contribution in [0.15, 0.2) is 72.8 Å². The highest BCUT2D eigenvalue weighted by atomic mass is 16.4. The molecule has 0 saturated heterocycles. The van der Waals surface area contributed by atoms with Crippen molar-refractivity contribution in [1.29, 1.82) is 0 Å². The molecule has 202 valence electrons. The molecule has 0 aliphatic rings. The maximum Gasteiger partial charge on any atom is 0.335 e. The molecule has 0 spiro atoms.